The molecule has 3 atom stereocenters. The zero-order valence-corrected chi connectivity index (χ0v) is 40.4. The van der Waals surface area contributed by atoms with E-state index in [0.29, 0.717) is 19.3 Å². The molecule has 0 spiro atoms. The summed E-state index contributed by atoms with van der Waals surface area (Å²) in [4.78, 5) is 46.1. The molecule has 362 valence electrons. The van der Waals surface area contributed by atoms with E-state index in [2.05, 4.69) is 48.8 Å². The van der Waals surface area contributed by atoms with Gasteiger partial charge in [0.05, 0.1) is 13.2 Å². The van der Waals surface area contributed by atoms with Gasteiger partial charge in [-0.15, -0.1) is 0 Å². The van der Waals surface area contributed by atoms with Crippen LogP contribution in [0.5, 0.6) is 0 Å². The van der Waals surface area contributed by atoms with Crippen molar-refractivity contribution in [2.45, 2.75) is 244 Å². The van der Waals surface area contributed by atoms with Crippen LogP contribution in [0.15, 0.2) is 36.5 Å². The predicted octanol–water partition coefficient (Wildman–Crippen LogP) is 14.0. The third-order valence-corrected chi connectivity index (χ3v) is 11.8. The number of nitrogens with two attached hydrogens (primary N) is 1. The zero-order chi connectivity index (χ0) is 45.6. The molecular formula is C50H92NO10P. The minimum Gasteiger partial charge on any atom is -0.480 e. The number of hydrogen-bond acceptors (Lipinski definition) is 9. The monoisotopic (exact) mass is 898 g/mol. The summed E-state index contributed by atoms with van der Waals surface area (Å²) in [5.41, 5.74) is 5.35. The van der Waals surface area contributed by atoms with Gasteiger partial charge in [0, 0.05) is 12.8 Å². The van der Waals surface area contributed by atoms with Crippen LogP contribution in [0.4, 0.5) is 0 Å². The summed E-state index contributed by atoms with van der Waals surface area (Å²) in [5, 5.41) is 8.91. The molecule has 0 heterocycles. The number of carboxylic acid groups (broad SMARTS) is 1. The van der Waals surface area contributed by atoms with Crippen LogP contribution < -0.4 is 5.73 Å². The van der Waals surface area contributed by atoms with Crippen molar-refractivity contribution in [3.8, 4) is 0 Å². The van der Waals surface area contributed by atoms with Crippen LogP contribution in [-0.4, -0.2) is 59.9 Å². The van der Waals surface area contributed by atoms with Gasteiger partial charge in [0.15, 0.2) is 6.10 Å². The molecule has 0 aliphatic heterocycles. The molecule has 0 aromatic heterocycles. The van der Waals surface area contributed by atoms with Gasteiger partial charge in [0.2, 0.25) is 0 Å². The van der Waals surface area contributed by atoms with E-state index in [4.69, 9.17) is 24.8 Å². The molecule has 0 aromatic rings. The van der Waals surface area contributed by atoms with E-state index < -0.39 is 51.1 Å². The molecule has 0 fully saturated rings. The molecule has 0 aliphatic carbocycles. The molecule has 4 N–H and O–H groups in total. The van der Waals surface area contributed by atoms with E-state index >= 15 is 0 Å². The van der Waals surface area contributed by atoms with E-state index in [1.807, 2.05) is 6.08 Å². The molecule has 0 saturated carbocycles. The van der Waals surface area contributed by atoms with Crippen molar-refractivity contribution in [3.05, 3.63) is 36.5 Å². The average Bonchev–Trinajstić information content (AvgIpc) is 3.25. The first-order valence-corrected chi connectivity index (χ1v) is 26.5. The summed E-state index contributed by atoms with van der Waals surface area (Å²) in [5.74, 6) is -2.43. The van der Waals surface area contributed by atoms with Crippen molar-refractivity contribution in [1.29, 1.82) is 0 Å². The van der Waals surface area contributed by atoms with Gasteiger partial charge in [-0.25, -0.2) is 4.57 Å². The van der Waals surface area contributed by atoms with Gasteiger partial charge in [0.25, 0.3) is 0 Å². The largest absolute Gasteiger partial charge is 0.480 e. The second-order valence-electron chi connectivity index (χ2n) is 17.0. The third kappa shape index (κ3) is 44.3. The van der Waals surface area contributed by atoms with Crippen molar-refractivity contribution >= 4 is 25.7 Å². The Bertz CT molecular complexity index is 1190. The summed E-state index contributed by atoms with van der Waals surface area (Å²) in [6, 6.07) is -1.53. The van der Waals surface area contributed by atoms with Gasteiger partial charge >= 0.3 is 25.7 Å². The van der Waals surface area contributed by atoms with Crippen LogP contribution >= 0.6 is 7.82 Å². The molecule has 62 heavy (non-hydrogen) atoms. The zero-order valence-electron chi connectivity index (χ0n) is 39.5. The number of phosphoric ester groups is 1. The van der Waals surface area contributed by atoms with Crippen LogP contribution in [0, 0.1) is 0 Å². The number of esters is 2. The highest BCUT2D eigenvalue weighted by Crippen LogP contribution is 2.43. The lowest BCUT2D eigenvalue weighted by Gasteiger charge is -2.20. The van der Waals surface area contributed by atoms with Gasteiger partial charge in [-0.2, -0.15) is 0 Å². The fourth-order valence-corrected chi connectivity index (χ4v) is 7.74. The molecule has 0 aromatic carbocycles. The summed E-state index contributed by atoms with van der Waals surface area (Å²) in [6.45, 7) is 2.78. The smallest absolute Gasteiger partial charge is 0.472 e. The Morgan fingerprint density at radius 1 is 0.500 bits per heavy atom. The maximum absolute atomic E-state index is 12.7. The normalized spacial score (nSPS) is 13.9. The molecule has 0 bridgehead atoms. The fourth-order valence-electron chi connectivity index (χ4n) is 6.97. The number of carboxylic acids is 1. The second kappa shape index (κ2) is 45.3. The lowest BCUT2D eigenvalue weighted by Crippen LogP contribution is -2.34. The van der Waals surface area contributed by atoms with Crippen LogP contribution in [0.25, 0.3) is 0 Å². The topological polar surface area (TPSA) is 172 Å². The molecule has 1 unspecified atom stereocenters. The van der Waals surface area contributed by atoms with Crippen molar-refractivity contribution < 1.29 is 47.5 Å². The van der Waals surface area contributed by atoms with Gasteiger partial charge < -0.3 is 25.2 Å². The molecular weight excluding hydrogens is 806 g/mol. The lowest BCUT2D eigenvalue weighted by atomic mass is 10.0. The average molecular weight is 898 g/mol. The molecule has 12 heteroatoms. The Balaban J connectivity index is 4.30. The lowest BCUT2D eigenvalue weighted by molar-refractivity contribution is -0.161. The Hall–Kier alpha value is -2.30. The van der Waals surface area contributed by atoms with Crippen LogP contribution in [0.3, 0.4) is 0 Å². The van der Waals surface area contributed by atoms with Gasteiger partial charge in [-0.3, -0.25) is 23.4 Å². The van der Waals surface area contributed by atoms with Crippen molar-refractivity contribution in [2.75, 3.05) is 19.8 Å². The van der Waals surface area contributed by atoms with Crippen molar-refractivity contribution in [2.24, 2.45) is 5.73 Å². The highest BCUT2D eigenvalue weighted by Gasteiger charge is 2.28. The van der Waals surface area contributed by atoms with E-state index in [9.17, 15) is 23.8 Å². The molecule has 11 nitrogen and oxygen atoms in total. The molecule has 0 saturated heterocycles. The minimum absolute atomic E-state index is 0.152. The number of rotatable bonds is 47. The number of allylic oxidation sites excluding steroid dienone is 6. The maximum Gasteiger partial charge on any atom is 0.472 e. The van der Waals surface area contributed by atoms with Crippen LogP contribution in [0.2, 0.25) is 0 Å². The Kier molecular flexibility index (Phi) is 43.6. The summed E-state index contributed by atoms with van der Waals surface area (Å²) in [7, 11) is -4.73. The molecule has 0 amide bonds. The van der Waals surface area contributed by atoms with Gasteiger partial charge in [-0.1, -0.05) is 211 Å². The summed E-state index contributed by atoms with van der Waals surface area (Å²) < 4.78 is 32.8. The van der Waals surface area contributed by atoms with Crippen molar-refractivity contribution in [3.63, 3.8) is 0 Å². The minimum atomic E-state index is -4.73. The number of carbonyl (C=O) groups excluding carboxylic acids is 2. The number of unbranched alkanes of at least 4 members (excludes halogenated alkanes) is 27. The highest BCUT2D eigenvalue weighted by atomic mass is 31.2. The number of hydrogen-bond donors (Lipinski definition) is 3. The standard InChI is InChI=1S/C50H92NO10P/c1-3-5-7-9-11-13-15-17-19-21-22-23-24-26-28-30-32-34-36-38-40-42-49(53)61-46(44-59-62(56,57)60-45-47(51)50(54)55)43-58-48(52)41-39-37-35-33-31-29-27-25-20-18-16-14-12-10-8-6-4-2/h18,20,27,29,33,35,46-47H,3-17,19,21-26,28,30-32,34,36-45,51H2,1-2H3,(H,54,55)(H,56,57)/b20-18-,29-27-,35-33-/t46-,47+/m1/s1. The number of phosphoric acid groups is 1. The fraction of sp³-hybridized carbons (Fsp3) is 0.820. The highest BCUT2D eigenvalue weighted by molar-refractivity contribution is 7.47. The first-order valence-electron chi connectivity index (χ1n) is 25.0. The molecule has 0 aliphatic rings. The number of carbonyl (C=O) groups is 3. The van der Waals surface area contributed by atoms with Crippen LogP contribution in [-0.2, 0) is 37.5 Å². The van der Waals surface area contributed by atoms with E-state index in [0.717, 1.165) is 38.5 Å². The first-order chi connectivity index (χ1) is 30.1. The quantitative estimate of drug-likeness (QED) is 0.0230. The Morgan fingerprint density at radius 2 is 0.871 bits per heavy atom. The maximum atomic E-state index is 12.7. The van der Waals surface area contributed by atoms with E-state index in [-0.39, 0.29) is 19.4 Å². The molecule has 0 radical (unpaired) electrons. The summed E-state index contributed by atoms with van der Waals surface area (Å²) >= 11 is 0. The first kappa shape index (κ1) is 59.7. The van der Waals surface area contributed by atoms with Crippen molar-refractivity contribution in [1.82, 2.24) is 0 Å². The third-order valence-electron chi connectivity index (χ3n) is 10.9. The number of ether oxygens (including phenoxy) is 2. The van der Waals surface area contributed by atoms with Crippen LogP contribution in [0.1, 0.15) is 232 Å². The Morgan fingerprint density at radius 3 is 1.32 bits per heavy atom. The SMILES string of the molecule is CCCCCCCC/C=C\C/C=C\C/C=C\CCCC(=O)OC[C@H](COP(=O)(O)OC[C@H](N)C(=O)O)OC(=O)CCCCCCCCCCCCCCCCCCCCCCC. The van der Waals surface area contributed by atoms with E-state index in [1.54, 1.807) is 0 Å². The molecule has 0 rings (SSSR count). The Labute approximate surface area is 378 Å². The predicted molar refractivity (Wildman–Crippen MR) is 254 cm³/mol. The number of aliphatic carboxylic acids is 1. The second-order valence-corrected chi connectivity index (χ2v) is 18.4. The van der Waals surface area contributed by atoms with Gasteiger partial charge in [0.1, 0.15) is 12.6 Å². The van der Waals surface area contributed by atoms with E-state index in [1.165, 1.54) is 148 Å². The summed E-state index contributed by atoms with van der Waals surface area (Å²) in [6.07, 6.45) is 50.8. The van der Waals surface area contributed by atoms with Gasteiger partial charge in [-0.05, 0) is 44.9 Å².